The molecule has 2 heterocycles. The molecule has 0 N–H and O–H groups in total. The van der Waals surface area contributed by atoms with Crippen LogP contribution < -0.4 is 5.56 Å². The van der Waals surface area contributed by atoms with Crippen molar-refractivity contribution in [2.45, 2.75) is 44.4 Å². The van der Waals surface area contributed by atoms with E-state index in [9.17, 15) is 9.59 Å². The summed E-state index contributed by atoms with van der Waals surface area (Å²) in [5, 5.41) is 1.57. The molecule has 1 saturated carbocycles. The minimum Gasteiger partial charge on any atom is -0.374 e. The summed E-state index contributed by atoms with van der Waals surface area (Å²) in [5.41, 5.74) is -0.102. The quantitative estimate of drug-likeness (QED) is 0.850. The predicted octanol–water partition coefficient (Wildman–Crippen LogP) is 2.17. The summed E-state index contributed by atoms with van der Waals surface area (Å²) >= 11 is 0. The van der Waals surface area contributed by atoms with Crippen LogP contribution in [0.15, 0.2) is 41.3 Å². The van der Waals surface area contributed by atoms with Crippen LogP contribution in [0.5, 0.6) is 0 Å². The van der Waals surface area contributed by atoms with Crippen molar-refractivity contribution in [2.24, 2.45) is 0 Å². The van der Waals surface area contributed by atoms with Gasteiger partial charge in [0.2, 0.25) is 5.91 Å². The van der Waals surface area contributed by atoms with E-state index >= 15 is 0 Å². The first-order chi connectivity index (χ1) is 11.7. The molecule has 1 aliphatic carbocycles. The molecule has 1 aromatic carbocycles. The fourth-order valence-electron chi connectivity index (χ4n) is 4.00. The van der Waals surface area contributed by atoms with Gasteiger partial charge in [-0.1, -0.05) is 31.0 Å². The highest BCUT2D eigenvalue weighted by molar-refractivity contribution is 5.82. The Morgan fingerprint density at radius 3 is 2.92 bits per heavy atom. The Balaban J connectivity index is 1.57. The first kappa shape index (κ1) is 15.4. The van der Waals surface area contributed by atoms with Gasteiger partial charge in [-0.25, -0.2) is 0 Å². The topological polar surface area (TPSA) is 51.5 Å². The fourth-order valence-corrected chi connectivity index (χ4v) is 4.00. The number of benzene rings is 1. The number of ether oxygens (including phenoxy) is 1. The summed E-state index contributed by atoms with van der Waals surface area (Å²) in [6.07, 6.45) is 6.25. The zero-order chi connectivity index (χ0) is 16.5. The number of carbonyl (C=O) groups excluding carboxylic acids is 1. The van der Waals surface area contributed by atoms with Crippen molar-refractivity contribution in [1.82, 2.24) is 9.47 Å². The molecule has 2 aliphatic rings. The fraction of sp³-hybridized carbons (Fsp3) is 0.474. The van der Waals surface area contributed by atoms with Gasteiger partial charge >= 0.3 is 0 Å². The maximum absolute atomic E-state index is 12.8. The van der Waals surface area contributed by atoms with Crippen LogP contribution in [0.2, 0.25) is 0 Å². The molecule has 5 heteroatoms. The van der Waals surface area contributed by atoms with Gasteiger partial charge in [0.05, 0.1) is 18.8 Å². The molecule has 0 radical (unpaired) electrons. The van der Waals surface area contributed by atoms with E-state index in [1.807, 2.05) is 35.2 Å². The molecule has 0 spiro atoms. The third-order valence-electron chi connectivity index (χ3n) is 5.24. The number of hydrogen-bond acceptors (Lipinski definition) is 3. The smallest absolute Gasteiger partial charge is 0.258 e. The summed E-state index contributed by atoms with van der Waals surface area (Å²) in [6, 6.07) is 9.56. The Hall–Kier alpha value is -2.14. The van der Waals surface area contributed by atoms with E-state index < -0.39 is 0 Å². The average Bonchev–Trinajstić information content (AvgIpc) is 2.63. The molecule has 4 rings (SSSR count). The van der Waals surface area contributed by atoms with Crippen molar-refractivity contribution in [2.75, 3.05) is 13.2 Å². The molecule has 2 atom stereocenters. The van der Waals surface area contributed by atoms with Crippen LogP contribution in [-0.4, -0.2) is 40.7 Å². The van der Waals surface area contributed by atoms with E-state index in [0.717, 1.165) is 24.6 Å². The average molecular weight is 326 g/mol. The lowest BCUT2D eigenvalue weighted by molar-refractivity contribution is -0.150. The largest absolute Gasteiger partial charge is 0.374 e. The Morgan fingerprint density at radius 2 is 2.00 bits per heavy atom. The molecule has 24 heavy (non-hydrogen) atoms. The summed E-state index contributed by atoms with van der Waals surface area (Å²) in [6.45, 7) is 1.33. The molecular weight excluding hydrogens is 304 g/mol. The molecule has 126 valence electrons. The van der Waals surface area contributed by atoms with Gasteiger partial charge in [0.15, 0.2) is 0 Å². The Bertz CT molecular complexity index is 812. The van der Waals surface area contributed by atoms with Crippen molar-refractivity contribution in [3.8, 4) is 0 Å². The third-order valence-corrected chi connectivity index (χ3v) is 5.24. The Morgan fingerprint density at radius 1 is 1.17 bits per heavy atom. The normalized spacial score (nSPS) is 23.9. The zero-order valence-corrected chi connectivity index (χ0v) is 13.7. The number of pyridine rings is 1. The molecular formula is C19H22N2O3. The number of hydrogen-bond donors (Lipinski definition) is 0. The molecule has 2 aromatic rings. The second-order valence-electron chi connectivity index (χ2n) is 6.68. The first-order valence-corrected chi connectivity index (χ1v) is 8.73. The molecule has 1 aromatic heterocycles. The van der Waals surface area contributed by atoms with Crippen LogP contribution in [0.4, 0.5) is 0 Å². The number of amides is 1. The maximum atomic E-state index is 12.8. The van der Waals surface area contributed by atoms with Crippen LogP contribution in [-0.2, 0) is 16.1 Å². The molecule has 1 amide bonds. The SMILES string of the molecule is O=C(Cn1ccc2ccccc2c1=O)N1CCO[C@@H]2CCCC[C@@H]21. The summed E-state index contributed by atoms with van der Waals surface area (Å²) in [5.74, 6) is 0.0209. The van der Waals surface area contributed by atoms with Gasteiger partial charge in [-0.3, -0.25) is 9.59 Å². The highest BCUT2D eigenvalue weighted by atomic mass is 16.5. The van der Waals surface area contributed by atoms with E-state index in [0.29, 0.717) is 18.5 Å². The number of nitrogens with zero attached hydrogens (tertiary/aromatic N) is 2. The summed E-state index contributed by atoms with van der Waals surface area (Å²) < 4.78 is 7.36. The van der Waals surface area contributed by atoms with Gasteiger partial charge in [-0.15, -0.1) is 0 Å². The summed E-state index contributed by atoms with van der Waals surface area (Å²) in [7, 11) is 0. The lowest BCUT2D eigenvalue weighted by Crippen LogP contribution is -2.55. The van der Waals surface area contributed by atoms with E-state index in [4.69, 9.17) is 4.74 Å². The molecule has 2 fully saturated rings. The molecule has 1 aliphatic heterocycles. The van der Waals surface area contributed by atoms with Gasteiger partial charge < -0.3 is 14.2 Å². The van der Waals surface area contributed by atoms with Crippen LogP contribution in [0.1, 0.15) is 25.7 Å². The molecule has 1 saturated heterocycles. The van der Waals surface area contributed by atoms with Crippen molar-refractivity contribution in [1.29, 1.82) is 0 Å². The van der Waals surface area contributed by atoms with Gasteiger partial charge in [-0.2, -0.15) is 0 Å². The van der Waals surface area contributed by atoms with Crippen LogP contribution in [0.3, 0.4) is 0 Å². The number of rotatable bonds is 2. The highest BCUT2D eigenvalue weighted by Crippen LogP contribution is 2.28. The lowest BCUT2D eigenvalue weighted by Gasteiger charge is -2.43. The standard InChI is InChI=1S/C19H22N2O3/c22-18(21-11-12-24-17-8-4-3-7-16(17)21)13-20-10-9-14-5-1-2-6-15(14)19(20)23/h1-2,5-6,9-10,16-17H,3-4,7-8,11-13H2/t16-,17+/m0/s1. The first-order valence-electron chi connectivity index (χ1n) is 8.73. The third kappa shape index (κ3) is 2.73. The van der Waals surface area contributed by atoms with Crippen LogP contribution >= 0.6 is 0 Å². The Labute approximate surface area is 140 Å². The van der Waals surface area contributed by atoms with Crippen molar-refractivity contribution in [3.63, 3.8) is 0 Å². The van der Waals surface area contributed by atoms with Crippen molar-refractivity contribution >= 4 is 16.7 Å². The maximum Gasteiger partial charge on any atom is 0.258 e. The number of fused-ring (bicyclic) bond motifs is 2. The summed E-state index contributed by atoms with van der Waals surface area (Å²) in [4.78, 5) is 27.4. The highest BCUT2D eigenvalue weighted by Gasteiger charge is 2.36. The van der Waals surface area contributed by atoms with Gasteiger partial charge in [0.1, 0.15) is 6.54 Å². The van der Waals surface area contributed by atoms with Crippen LogP contribution in [0.25, 0.3) is 10.8 Å². The number of carbonyl (C=O) groups is 1. The number of aromatic nitrogens is 1. The van der Waals surface area contributed by atoms with E-state index in [-0.39, 0.29) is 30.2 Å². The van der Waals surface area contributed by atoms with Gasteiger partial charge in [0, 0.05) is 18.1 Å². The van der Waals surface area contributed by atoms with Crippen molar-refractivity contribution < 1.29 is 9.53 Å². The Kier molecular flexibility index (Phi) is 4.10. The van der Waals surface area contributed by atoms with Crippen molar-refractivity contribution in [3.05, 3.63) is 46.9 Å². The second kappa shape index (κ2) is 6.40. The minimum atomic E-state index is -0.102. The zero-order valence-electron chi connectivity index (χ0n) is 13.7. The van der Waals surface area contributed by atoms with E-state index in [1.165, 1.54) is 11.0 Å². The molecule has 5 nitrogen and oxygen atoms in total. The van der Waals surface area contributed by atoms with Crippen LogP contribution in [0, 0.1) is 0 Å². The monoisotopic (exact) mass is 326 g/mol. The lowest BCUT2D eigenvalue weighted by atomic mass is 9.90. The van der Waals surface area contributed by atoms with Gasteiger partial charge in [0.25, 0.3) is 5.56 Å². The number of morpholine rings is 1. The predicted molar refractivity (Wildman–Crippen MR) is 91.9 cm³/mol. The van der Waals surface area contributed by atoms with E-state index in [1.54, 1.807) is 6.20 Å². The minimum absolute atomic E-state index is 0.0209. The van der Waals surface area contributed by atoms with Gasteiger partial charge in [-0.05, 0) is 30.4 Å². The molecule has 0 unspecified atom stereocenters. The second-order valence-corrected chi connectivity index (χ2v) is 6.68. The molecule has 0 bridgehead atoms. The van der Waals surface area contributed by atoms with E-state index in [2.05, 4.69) is 0 Å².